The monoisotopic (exact) mass is 374 g/mol. The largest absolute Gasteiger partial charge is 0.453 e. The molecule has 1 heterocycles. The van der Waals surface area contributed by atoms with Crippen LogP contribution in [0, 0.1) is 3.57 Å². The van der Waals surface area contributed by atoms with Crippen LogP contribution < -0.4 is 0 Å². The Morgan fingerprint density at radius 3 is 2.59 bits per heavy atom. The maximum atomic E-state index is 12.6. The predicted octanol–water partition coefficient (Wildman–Crippen LogP) is 2.94. The van der Waals surface area contributed by atoms with E-state index in [0.717, 1.165) is 3.57 Å². The lowest BCUT2D eigenvalue weighted by Gasteiger charge is -2.08. The van der Waals surface area contributed by atoms with Crippen LogP contribution in [0.2, 0.25) is 5.02 Å². The van der Waals surface area contributed by atoms with Crippen molar-refractivity contribution in [1.82, 2.24) is 20.2 Å². The molecule has 2 aromatic rings. The number of alkyl halides is 3. The van der Waals surface area contributed by atoms with Gasteiger partial charge in [0.1, 0.15) is 0 Å². The van der Waals surface area contributed by atoms with Crippen molar-refractivity contribution in [2.45, 2.75) is 6.18 Å². The van der Waals surface area contributed by atoms with E-state index in [4.69, 9.17) is 11.6 Å². The van der Waals surface area contributed by atoms with Crippen molar-refractivity contribution in [3.05, 3.63) is 32.6 Å². The zero-order chi connectivity index (χ0) is 12.6. The van der Waals surface area contributed by atoms with E-state index in [1.165, 1.54) is 12.1 Å². The molecule has 0 spiro atoms. The van der Waals surface area contributed by atoms with Crippen LogP contribution in [0.25, 0.3) is 5.69 Å². The van der Waals surface area contributed by atoms with E-state index < -0.39 is 12.0 Å². The highest BCUT2D eigenvalue weighted by atomic mass is 127. The SMILES string of the molecule is FC(F)(F)c1nnnn1-c1ccc(I)cc1Cl. The molecule has 0 aliphatic heterocycles. The lowest BCUT2D eigenvalue weighted by atomic mass is 10.3. The van der Waals surface area contributed by atoms with E-state index in [0.29, 0.717) is 4.68 Å². The van der Waals surface area contributed by atoms with Crippen molar-refractivity contribution < 1.29 is 13.2 Å². The van der Waals surface area contributed by atoms with Crippen molar-refractivity contribution >= 4 is 34.2 Å². The van der Waals surface area contributed by atoms with Crippen LogP contribution in [-0.2, 0) is 6.18 Å². The Morgan fingerprint density at radius 2 is 2.00 bits per heavy atom. The molecular formula is C8H3ClF3IN4. The van der Waals surface area contributed by atoms with E-state index in [1.807, 2.05) is 22.6 Å². The van der Waals surface area contributed by atoms with Gasteiger partial charge in [-0.15, -0.1) is 5.10 Å². The van der Waals surface area contributed by atoms with Gasteiger partial charge in [-0.2, -0.15) is 17.9 Å². The number of rotatable bonds is 1. The van der Waals surface area contributed by atoms with Crippen LogP contribution in [0.15, 0.2) is 18.2 Å². The maximum Gasteiger partial charge on any atom is 0.453 e. The van der Waals surface area contributed by atoms with Crippen molar-refractivity contribution in [3.63, 3.8) is 0 Å². The minimum Gasteiger partial charge on any atom is -0.187 e. The molecule has 1 aromatic heterocycles. The summed E-state index contributed by atoms with van der Waals surface area (Å²) in [4.78, 5) is 0. The van der Waals surface area contributed by atoms with Crippen LogP contribution in [0.5, 0.6) is 0 Å². The fourth-order valence-electron chi connectivity index (χ4n) is 1.18. The average molecular weight is 374 g/mol. The molecule has 0 amide bonds. The molecule has 90 valence electrons. The Labute approximate surface area is 112 Å². The molecule has 9 heteroatoms. The highest BCUT2D eigenvalue weighted by Crippen LogP contribution is 2.30. The van der Waals surface area contributed by atoms with Crippen molar-refractivity contribution in [2.75, 3.05) is 0 Å². The van der Waals surface area contributed by atoms with E-state index in [9.17, 15) is 13.2 Å². The normalized spacial score (nSPS) is 11.8. The lowest BCUT2D eigenvalue weighted by Crippen LogP contribution is -2.15. The summed E-state index contributed by atoms with van der Waals surface area (Å²) in [6.45, 7) is 0. The number of halogens is 5. The second kappa shape index (κ2) is 4.41. The van der Waals surface area contributed by atoms with Crippen LogP contribution in [0.1, 0.15) is 5.82 Å². The molecule has 0 atom stereocenters. The predicted molar refractivity (Wildman–Crippen MR) is 61.9 cm³/mol. The van der Waals surface area contributed by atoms with Crippen LogP contribution >= 0.6 is 34.2 Å². The Bertz CT molecular complexity index is 554. The second-order valence-corrected chi connectivity index (χ2v) is 4.66. The molecule has 0 saturated carbocycles. The Hall–Kier alpha value is -0.900. The first kappa shape index (κ1) is 12.6. The number of tetrazole rings is 1. The minimum atomic E-state index is -4.63. The van der Waals surface area contributed by atoms with Gasteiger partial charge in [-0.25, -0.2) is 0 Å². The summed E-state index contributed by atoms with van der Waals surface area (Å²) >= 11 is 7.85. The lowest BCUT2D eigenvalue weighted by molar-refractivity contribution is -0.146. The van der Waals surface area contributed by atoms with E-state index >= 15 is 0 Å². The topological polar surface area (TPSA) is 43.6 Å². The molecule has 0 saturated heterocycles. The summed E-state index contributed by atoms with van der Waals surface area (Å²) in [5.41, 5.74) is 0.0874. The number of nitrogens with zero attached hydrogens (tertiary/aromatic N) is 4. The van der Waals surface area contributed by atoms with Gasteiger partial charge in [0.2, 0.25) is 0 Å². The highest BCUT2D eigenvalue weighted by Gasteiger charge is 2.38. The molecule has 4 nitrogen and oxygen atoms in total. The van der Waals surface area contributed by atoms with Crippen molar-refractivity contribution in [3.8, 4) is 5.69 Å². The first-order valence-corrected chi connectivity index (χ1v) is 5.66. The van der Waals surface area contributed by atoms with Gasteiger partial charge in [0.05, 0.1) is 10.7 Å². The number of hydrogen-bond donors (Lipinski definition) is 0. The minimum absolute atomic E-state index is 0.0874. The molecule has 2 rings (SSSR count). The van der Waals surface area contributed by atoms with Crippen molar-refractivity contribution in [1.29, 1.82) is 0 Å². The van der Waals surface area contributed by atoms with E-state index in [2.05, 4.69) is 15.5 Å². The van der Waals surface area contributed by atoms with Gasteiger partial charge < -0.3 is 0 Å². The molecule has 1 aromatic carbocycles. The summed E-state index contributed by atoms with van der Waals surface area (Å²) in [7, 11) is 0. The molecule has 0 unspecified atom stereocenters. The Morgan fingerprint density at radius 1 is 1.29 bits per heavy atom. The smallest absolute Gasteiger partial charge is 0.187 e. The summed E-state index contributed by atoms with van der Waals surface area (Å²) in [6.07, 6.45) is -4.63. The number of benzene rings is 1. The molecular weight excluding hydrogens is 371 g/mol. The summed E-state index contributed by atoms with van der Waals surface area (Å²) in [5.74, 6) is -1.21. The zero-order valence-corrected chi connectivity index (χ0v) is 10.8. The summed E-state index contributed by atoms with van der Waals surface area (Å²) in [6, 6.07) is 4.57. The Kier molecular flexibility index (Phi) is 3.25. The van der Waals surface area contributed by atoms with Gasteiger partial charge in [-0.05, 0) is 51.2 Å². The summed E-state index contributed by atoms with van der Waals surface area (Å²) in [5, 5.41) is 9.39. The molecule has 17 heavy (non-hydrogen) atoms. The molecule has 0 fully saturated rings. The van der Waals surface area contributed by atoms with Gasteiger partial charge in [-0.1, -0.05) is 11.6 Å². The van der Waals surface area contributed by atoms with Crippen LogP contribution in [-0.4, -0.2) is 20.2 Å². The zero-order valence-electron chi connectivity index (χ0n) is 7.91. The first-order chi connectivity index (χ1) is 7.89. The van der Waals surface area contributed by atoms with Crippen molar-refractivity contribution in [2.24, 2.45) is 0 Å². The Balaban J connectivity index is 2.58. The number of hydrogen-bond acceptors (Lipinski definition) is 3. The third kappa shape index (κ3) is 2.51. The molecule has 0 radical (unpaired) electrons. The molecule has 0 aliphatic carbocycles. The maximum absolute atomic E-state index is 12.6. The molecule has 0 bridgehead atoms. The standard InChI is InChI=1S/C8H3ClF3IN4/c9-5-3-4(13)1-2-6(5)17-7(8(10,11)12)14-15-16-17/h1-3H. The first-order valence-electron chi connectivity index (χ1n) is 4.20. The fraction of sp³-hybridized carbons (Fsp3) is 0.125. The quantitative estimate of drug-likeness (QED) is 0.721. The fourth-order valence-corrected chi connectivity index (χ4v) is 2.12. The van der Waals surface area contributed by atoms with E-state index in [-0.39, 0.29) is 10.7 Å². The van der Waals surface area contributed by atoms with Gasteiger partial charge in [0, 0.05) is 3.57 Å². The second-order valence-electron chi connectivity index (χ2n) is 3.01. The number of aromatic nitrogens is 4. The molecule has 0 N–H and O–H groups in total. The highest BCUT2D eigenvalue weighted by molar-refractivity contribution is 14.1. The van der Waals surface area contributed by atoms with Gasteiger partial charge in [0.15, 0.2) is 0 Å². The van der Waals surface area contributed by atoms with Crippen LogP contribution in [0.4, 0.5) is 13.2 Å². The average Bonchev–Trinajstić information content (AvgIpc) is 2.65. The van der Waals surface area contributed by atoms with Gasteiger partial charge in [0.25, 0.3) is 5.82 Å². The third-order valence-electron chi connectivity index (χ3n) is 1.86. The summed E-state index contributed by atoms with van der Waals surface area (Å²) < 4.78 is 39.1. The third-order valence-corrected chi connectivity index (χ3v) is 2.83. The van der Waals surface area contributed by atoms with Gasteiger partial charge >= 0.3 is 6.18 Å². The molecule has 0 aliphatic rings. The van der Waals surface area contributed by atoms with E-state index in [1.54, 1.807) is 6.07 Å². The van der Waals surface area contributed by atoms with Crippen LogP contribution in [0.3, 0.4) is 0 Å². The van der Waals surface area contributed by atoms with Gasteiger partial charge in [-0.3, -0.25) is 0 Å².